The molecule has 0 aliphatic carbocycles. The van der Waals surface area contributed by atoms with Crippen LogP contribution in [0.1, 0.15) is 28.8 Å². The van der Waals surface area contributed by atoms with Crippen molar-refractivity contribution in [2.45, 2.75) is 19.0 Å². The van der Waals surface area contributed by atoms with Gasteiger partial charge in [0.1, 0.15) is 0 Å². The van der Waals surface area contributed by atoms with Crippen molar-refractivity contribution in [1.82, 2.24) is 4.90 Å². The lowest BCUT2D eigenvalue weighted by Gasteiger charge is -2.17. The maximum atomic E-state index is 12.4. The van der Waals surface area contributed by atoms with Crippen molar-refractivity contribution < 1.29 is 27.9 Å². The molecule has 1 aromatic rings. The fraction of sp³-hybridized carbons (Fsp3) is 0.385. The standard InChI is InChI=1S/C13H14F3NO3/c1-17(8-2-3-11(18)19)12(20)9-4-6-10(7-5-9)13(14,15)16/h4-7H,2-3,8H2,1H3,(H,18,19). The molecule has 110 valence electrons. The smallest absolute Gasteiger partial charge is 0.416 e. The zero-order valence-electron chi connectivity index (χ0n) is 10.8. The fourth-order valence-electron chi connectivity index (χ4n) is 1.59. The van der Waals surface area contributed by atoms with Gasteiger partial charge in [0.05, 0.1) is 5.56 Å². The molecule has 4 nitrogen and oxygen atoms in total. The van der Waals surface area contributed by atoms with Crippen LogP contribution in [0.2, 0.25) is 0 Å². The third kappa shape index (κ3) is 4.56. The minimum absolute atomic E-state index is 0.0648. The SMILES string of the molecule is CN(CCCC(=O)O)C(=O)c1ccc(C(F)(F)F)cc1. The molecule has 1 N–H and O–H groups in total. The van der Waals surface area contributed by atoms with Gasteiger partial charge >= 0.3 is 12.1 Å². The van der Waals surface area contributed by atoms with E-state index in [1.165, 1.54) is 11.9 Å². The molecule has 0 aliphatic rings. The zero-order valence-corrected chi connectivity index (χ0v) is 10.8. The normalized spacial score (nSPS) is 11.2. The highest BCUT2D eigenvalue weighted by Gasteiger charge is 2.30. The third-order valence-corrected chi connectivity index (χ3v) is 2.69. The topological polar surface area (TPSA) is 57.6 Å². The van der Waals surface area contributed by atoms with Crippen LogP contribution in [0.25, 0.3) is 0 Å². The van der Waals surface area contributed by atoms with Crippen molar-refractivity contribution in [3.8, 4) is 0 Å². The number of carboxylic acids is 1. The molecule has 0 fully saturated rings. The molecule has 0 saturated heterocycles. The number of halogens is 3. The molecule has 20 heavy (non-hydrogen) atoms. The number of carboxylic acid groups (broad SMARTS) is 1. The second-order valence-corrected chi connectivity index (χ2v) is 4.30. The summed E-state index contributed by atoms with van der Waals surface area (Å²) in [5.74, 6) is -1.40. The molecule has 0 aromatic heterocycles. The number of aliphatic carboxylic acids is 1. The van der Waals surface area contributed by atoms with Crippen molar-refractivity contribution in [2.24, 2.45) is 0 Å². The van der Waals surface area contributed by atoms with Gasteiger partial charge in [-0.25, -0.2) is 0 Å². The van der Waals surface area contributed by atoms with Gasteiger partial charge in [-0.05, 0) is 30.7 Å². The van der Waals surface area contributed by atoms with Crippen molar-refractivity contribution in [3.63, 3.8) is 0 Å². The van der Waals surface area contributed by atoms with E-state index < -0.39 is 23.6 Å². The van der Waals surface area contributed by atoms with E-state index in [1.807, 2.05) is 0 Å². The first-order chi connectivity index (χ1) is 9.21. The number of amides is 1. The van der Waals surface area contributed by atoms with Crippen LogP contribution in [0.4, 0.5) is 13.2 Å². The summed E-state index contributed by atoms with van der Waals surface area (Å²) in [5, 5.41) is 8.48. The maximum Gasteiger partial charge on any atom is 0.416 e. The van der Waals surface area contributed by atoms with Gasteiger partial charge in [0.25, 0.3) is 5.91 Å². The molecule has 0 heterocycles. The first-order valence-electron chi connectivity index (χ1n) is 5.86. The lowest BCUT2D eigenvalue weighted by Crippen LogP contribution is -2.28. The molecule has 0 saturated carbocycles. The summed E-state index contributed by atoms with van der Waals surface area (Å²) in [7, 11) is 1.47. The van der Waals surface area contributed by atoms with Gasteiger partial charge in [-0.3, -0.25) is 9.59 Å². The molecule has 0 radical (unpaired) electrons. The van der Waals surface area contributed by atoms with Crippen LogP contribution in [0.5, 0.6) is 0 Å². The van der Waals surface area contributed by atoms with E-state index in [9.17, 15) is 22.8 Å². The molecule has 0 bridgehead atoms. The van der Waals surface area contributed by atoms with E-state index in [-0.39, 0.29) is 24.9 Å². The highest BCUT2D eigenvalue weighted by atomic mass is 19.4. The van der Waals surface area contributed by atoms with Crippen LogP contribution >= 0.6 is 0 Å². The number of alkyl halides is 3. The van der Waals surface area contributed by atoms with Crippen LogP contribution in [0.3, 0.4) is 0 Å². The Bertz CT molecular complexity index is 483. The lowest BCUT2D eigenvalue weighted by atomic mass is 10.1. The van der Waals surface area contributed by atoms with Crippen LogP contribution in [-0.2, 0) is 11.0 Å². The molecular formula is C13H14F3NO3. The number of benzene rings is 1. The average molecular weight is 289 g/mol. The minimum Gasteiger partial charge on any atom is -0.481 e. The molecule has 0 unspecified atom stereocenters. The van der Waals surface area contributed by atoms with Crippen LogP contribution < -0.4 is 0 Å². The van der Waals surface area contributed by atoms with E-state index in [4.69, 9.17) is 5.11 Å². The average Bonchev–Trinajstić information content (AvgIpc) is 2.36. The molecule has 0 atom stereocenters. The lowest BCUT2D eigenvalue weighted by molar-refractivity contribution is -0.138. The van der Waals surface area contributed by atoms with Gasteiger partial charge in [-0.1, -0.05) is 0 Å². The molecule has 1 amide bonds. The first kappa shape index (κ1) is 16.0. The number of carbonyl (C=O) groups excluding carboxylic acids is 1. The zero-order chi connectivity index (χ0) is 15.3. The summed E-state index contributed by atoms with van der Waals surface area (Å²) in [6, 6.07) is 3.91. The predicted octanol–water partition coefficient (Wildman–Crippen LogP) is 2.64. The summed E-state index contributed by atoms with van der Waals surface area (Å²) in [6.07, 6.45) is -4.21. The Morgan fingerprint density at radius 1 is 1.20 bits per heavy atom. The molecule has 0 aliphatic heterocycles. The third-order valence-electron chi connectivity index (χ3n) is 2.69. The Balaban J connectivity index is 2.65. The van der Waals surface area contributed by atoms with Crippen LogP contribution in [0.15, 0.2) is 24.3 Å². The Labute approximate surface area is 113 Å². The summed E-state index contributed by atoms with van der Waals surface area (Å²) < 4.78 is 37.1. The second-order valence-electron chi connectivity index (χ2n) is 4.30. The Morgan fingerprint density at radius 3 is 2.20 bits per heavy atom. The van der Waals surface area contributed by atoms with Crippen molar-refractivity contribution >= 4 is 11.9 Å². The molecule has 1 aromatic carbocycles. The largest absolute Gasteiger partial charge is 0.481 e. The highest BCUT2D eigenvalue weighted by molar-refractivity contribution is 5.94. The predicted molar refractivity (Wildman–Crippen MR) is 65.3 cm³/mol. The molecular weight excluding hydrogens is 275 g/mol. The van der Waals surface area contributed by atoms with Crippen LogP contribution in [-0.4, -0.2) is 35.5 Å². The van der Waals surface area contributed by atoms with Gasteiger partial charge < -0.3 is 10.0 Å². The molecule has 1 rings (SSSR count). The number of hydrogen-bond donors (Lipinski definition) is 1. The van der Waals surface area contributed by atoms with E-state index >= 15 is 0 Å². The second kappa shape index (κ2) is 6.40. The highest BCUT2D eigenvalue weighted by Crippen LogP contribution is 2.29. The Morgan fingerprint density at radius 2 is 1.75 bits per heavy atom. The molecule has 0 spiro atoms. The summed E-state index contributed by atoms with van der Waals surface area (Å²) in [4.78, 5) is 23.5. The Kier molecular flexibility index (Phi) is 5.12. The summed E-state index contributed by atoms with van der Waals surface area (Å²) in [5.41, 5.74) is -0.682. The van der Waals surface area contributed by atoms with Crippen molar-refractivity contribution in [1.29, 1.82) is 0 Å². The number of rotatable bonds is 5. The van der Waals surface area contributed by atoms with Gasteiger partial charge in [-0.15, -0.1) is 0 Å². The number of carbonyl (C=O) groups is 2. The van der Waals surface area contributed by atoms with Gasteiger partial charge in [0, 0.05) is 25.6 Å². The van der Waals surface area contributed by atoms with E-state index in [0.717, 1.165) is 24.3 Å². The first-order valence-corrected chi connectivity index (χ1v) is 5.86. The minimum atomic E-state index is -4.44. The quantitative estimate of drug-likeness (QED) is 0.906. The monoisotopic (exact) mass is 289 g/mol. The van der Waals surface area contributed by atoms with Gasteiger partial charge in [0.15, 0.2) is 0 Å². The van der Waals surface area contributed by atoms with Crippen molar-refractivity contribution in [2.75, 3.05) is 13.6 Å². The van der Waals surface area contributed by atoms with E-state index in [1.54, 1.807) is 0 Å². The van der Waals surface area contributed by atoms with Crippen LogP contribution in [0, 0.1) is 0 Å². The summed E-state index contributed by atoms with van der Waals surface area (Å²) in [6.45, 7) is 0.228. The Hall–Kier alpha value is -2.05. The van der Waals surface area contributed by atoms with Gasteiger partial charge in [-0.2, -0.15) is 13.2 Å². The number of hydrogen-bond acceptors (Lipinski definition) is 2. The maximum absolute atomic E-state index is 12.4. The fourth-order valence-corrected chi connectivity index (χ4v) is 1.59. The molecule has 7 heteroatoms. The van der Waals surface area contributed by atoms with Crippen molar-refractivity contribution in [3.05, 3.63) is 35.4 Å². The van der Waals surface area contributed by atoms with E-state index in [0.29, 0.717) is 0 Å². The van der Waals surface area contributed by atoms with Gasteiger partial charge in [0.2, 0.25) is 0 Å². The summed E-state index contributed by atoms with van der Waals surface area (Å²) >= 11 is 0. The van der Waals surface area contributed by atoms with E-state index in [2.05, 4.69) is 0 Å². The number of nitrogens with zero attached hydrogens (tertiary/aromatic N) is 1.